The van der Waals surface area contributed by atoms with E-state index >= 15 is 0 Å². The van der Waals surface area contributed by atoms with Crippen molar-refractivity contribution >= 4 is 19.8 Å². The third-order valence-electron chi connectivity index (χ3n) is 7.74. The summed E-state index contributed by atoms with van der Waals surface area (Å²) in [6.45, 7) is 3.24. The molecule has 300 valence electrons. The number of hydrogen-bond acceptors (Lipinski definition) is 7. The van der Waals surface area contributed by atoms with Crippen molar-refractivity contribution in [3.05, 3.63) is 97.2 Å². The van der Waals surface area contributed by atoms with Gasteiger partial charge >= 0.3 is 19.8 Å². The van der Waals surface area contributed by atoms with Crippen LogP contribution in [0.3, 0.4) is 0 Å². The molecule has 0 aromatic heterocycles. The van der Waals surface area contributed by atoms with E-state index in [9.17, 15) is 19.3 Å². The van der Waals surface area contributed by atoms with E-state index in [0.717, 1.165) is 57.8 Å². The molecule has 0 saturated heterocycles. The first kappa shape index (κ1) is 49.9. The molecule has 53 heavy (non-hydrogen) atoms. The standard InChI is InChI=1S/C43H69O9P/c1-3-5-6-7-8-9-10-11-12-13-14-18-21-24-27-30-33-36-42(45)50-38-41(39-51-53(47,48)49)52-43(46)37-34-31-28-25-22-19-16-15-17-20-23-26-29-32-35-40(44)4-2/h8-9,11-12,14,16-20,25-26,28-29,32,35,40-41,44H,3-7,10,13,15,21-24,27,30-31,33-34,36-39H2,1-2H3,(H2,47,48,49)/b9-8-,12-11-,18-14-,19-16-,20-17-,28-25-,29-26-,35-32+/t40-,41-/m1/s1. The summed E-state index contributed by atoms with van der Waals surface area (Å²) >= 11 is 0. The molecule has 2 atom stereocenters. The lowest BCUT2D eigenvalue weighted by Crippen LogP contribution is -2.29. The summed E-state index contributed by atoms with van der Waals surface area (Å²) in [7, 11) is -4.79. The van der Waals surface area contributed by atoms with E-state index in [4.69, 9.17) is 19.3 Å². The van der Waals surface area contributed by atoms with Gasteiger partial charge in [-0.25, -0.2) is 4.57 Å². The minimum atomic E-state index is -4.79. The fourth-order valence-corrected chi connectivity index (χ4v) is 5.02. The Balaban J connectivity index is 4.15. The van der Waals surface area contributed by atoms with Gasteiger partial charge in [0.1, 0.15) is 6.61 Å². The van der Waals surface area contributed by atoms with E-state index in [1.165, 1.54) is 25.7 Å². The van der Waals surface area contributed by atoms with Crippen molar-refractivity contribution in [3.63, 3.8) is 0 Å². The Bertz CT molecular complexity index is 1190. The first-order chi connectivity index (χ1) is 25.7. The topological polar surface area (TPSA) is 140 Å². The van der Waals surface area contributed by atoms with E-state index in [-0.39, 0.29) is 25.6 Å². The number of unbranched alkanes of at least 4 members (excludes halogenated alkanes) is 8. The zero-order chi connectivity index (χ0) is 39.1. The molecular weight excluding hydrogens is 691 g/mol. The second-order valence-corrected chi connectivity index (χ2v) is 14.0. The number of aliphatic hydroxyl groups is 1. The number of phosphoric acid groups is 1. The molecule has 0 rings (SSSR count). The molecule has 0 fully saturated rings. The Labute approximate surface area is 320 Å². The second kappa shape index (κ2) is 37.3. The third kappa shape index (κ3) is 40.0. The largest absolute Gasteiger partial charge is 0.469 e. The highest BCUT2D eigenvalue weighted by Crippen LogP contribution is 2.35. The maximum Gasteiger partial charge on any atom is 0.469 e. The van der Waals surface area contributed by atoms with Crippen LogP contribution in [0.2, 0.25) is 0 Å². The molecule has 0 saturated carbocycles. The van der Waals surface area contributed by atoms with Crippen LogP contribution in [0.5, 0.6) is 0 Å². The van der Waals surface area contributed by atoms with E-state index < -0.39 is 32.5 Å². The average molecular weight is 761 g/mol. The molecule has 0 aromatic carbocycles. The number of allylic oxidation sites excluding steroid dienone is 15. The molecule has 0 aliphatic heterocycles. The number of carbonyl (C=O) groups excluding carboxylic acids is 2. The van der Waals surface area contributed by atoms with Gasteiger partial charge in [-0.3, -0.25) is 14.1 Å². The lowest BCUT2D eigenvalue weighted by Gasteiger charge is -2.18. The average Bonchev–Trinajstić information content (AvgIpc) is 3.13. The van der Waals surface area contributed by atoms with Crippen LogP contribution < -0.4 is 0 Å². The number of esters is 2. The van der Waals surface area contributed by atoms with Gasteiger partial charge in [-0.15, -0.1) is 0 Å². The summed E-state index contributed by atoms with van der Waals surface area (Å²) in [6, 6.07) is 0. The lowest BCUT2D eigenvalue weighted by atomic mass is 10.1. The molecule has 3 N–H and O–H groups in total. The van der Waals surface area contributed by atoms with Gasteiger partial charge in [0.2, 0.25) is 0 Å². The summed E-state index contributed by atoms with van der Waals surface area (Å²) < 4.78 is 26.2. The molecule has 10 heteroatoms. The monoisotopic (exact) mass is 760 g/mol. The molecule has 0 aliphatic carbocycles. The highest BCUT2D eigenvalue weighted by Gasteiger charge is 2.22. The zero-order valence-electron chi connectivity index (χ0n) is 32.5. The normalized spacial score (nSPS) is 14.1. The minimum Gasteiger partial charge on any atom is -0.462 e. The van der Waals surface area contributed by atoms with Gasteiger partial charge in [0.05, 0.1) is 12.7 Å². The van der Waals surface area contributed by atoms with E-state index in [0.29, 0.717) is 25.7 Å². The van der Waals surface area contributed by atoms with Crippen LogP contribution in [0.1, 0.15) is 136 Å². The van der Waals surface area contributed by atoms with Gasteiger partial charge in [-0.05, 0) is 83.5 Å². The molecule has 0 aromatic rings. The number of hydrogen-bond donors (Lipinski definition) is 3. The number of carbonyl (C=O) groups is 2. The number of rotatable bonds is 34. The highest BCUT2D eigenvalue weighted by atomic mass is 31.2. The van der Waals surface area contributed by atoms with Gasteiger partial charge < -0.3 is 24.4 Å². The summed E-state index contributed by atoms with van der Waals surface area (Å²) in [4.78, 5) is 42.7. The summed E-state index contributed by atoms with van der Waals surface area (Å²) in [5.41, 5.74) is 0. The molecule has 0 bridgehead atoms. The smallest absolute Gasteiger partial charge is 0.462 e. The van der Waals surface area contributed by atoms with Crippen LogP contribution in [-0.4, -0.2) is 52.3 Å². The third-order valence-corrected chi connectivity index (χ3v) is 8.23. The summed E-state index contributed by atoms with van der Waals surface area (Å²) in [6.07, 6.45) is 47.9. The van der Waals surface area contributed by atoms with Crippen molar-refractivity contribution in [2.75, 3.05) is 13.2 Å². The van der Waals surface area contributed by atoms with Gasteiger partial charge in [0, 0.05) is 12.8 Å². The molecular formula is C43H69O9P. The molecule has 0 radical (unpaired) electrons. The van der Waals surface area contributed by atoms with Crippen molar-refractivity contribution < 1.29 is 43.0 Å². The van der Waals surface area contributed by atoms with Crippen molar-refractivity contribution in [2.24, 2.45) is 0 Å². The fraction of sp³-hybridized carbons (Fsp3) is 0.581. The SMILES string of the molecule is CCCCC/C=C\C/C=C\C/C=C\CCCCCCC(=O)OC[C@H](COP(=O)(O)O)OC(=O)CCC/C=C\C/C=C\C/C=C\C/C=C\C=C\[C@H](O)CC. The van der Waals surface area contributed by atoms with E-state index in [1.807, 2.05) is 37.3 Å². The van der Waals surface area contributed by atoms with Gasteiger partial charge in [0.15, 0.2) is 6.10 Å². The quantitative estimate of drug-likeness (QED) is 0.0192. The Hall–Kier alpha value is -3.07. The van der Waals surface area contributed by atoms with Crippen LogP contribution in [0.15, 0.2) is 97.2 Å². The van der Waals surface area contributed by atoms with Gasteiger partial charge in [-0.1, -0.05) is 137 Å². The Kier molecular flexibility index (Phi) is 35.1. The molecule has 0 amide bonds. The molecule has 0 heterocycles. The first-order valence-corrected chi connectivity index (χ1v) is 21.2. The molecule has 0 aliphatic rings. The van der Waals surface area contributed by atoms with Gasteiger partial charge in [0.25, 0.3) is 0 Å². The lowest BCUT2D eigenvalue weighted by molar-refractivity contribution is -0.161. The van der Waals surface area contributed by atoms with Gasteiger partial charge in [-0.2, -0.15) is 0 Å². The van der Waals surface area contributed by atoms with Crippen LogP contribution in [0, 0.1) is 0 Å². The molecule has 0 unspecified atom stereocenters. The number of ether oxygens (including phenoxy) is 2. The van der Waals surface area contributed by atoms with E-state index in [1.54, 1.807) is 6.08 Å². The maximum absolute atomic E-state index is 12.4. The summed E-state index contributed by atoms with van der Waals surface area (Å²) in [5.74, 6) is -1.01. The van der Waals surface area contributed by atoms with Crippen LogP contribution in [-0.2, 0) is 28.2 Å². The van der Waals surface area contributed by atoms with E-state index in [2.05, 4.69) is 72.2 Å². The minimum absolute atomic E-state index is 0.109. The predicted octanol–water partition coefficient (Wildman–Crippen LogP) is 10.8. The Morgan fingerprint density at radius 1 is 0.585 bits per heavy atom. The Morgan fingerprint density at radius 2 is 1.08 bits per heavy atom. The molecule has 0 spiro atoms. The highest BCUT2D eigenvalue weighted by molar-refractivity contribution is 7.46. The maximum atomic E-state index is 12.4. The number of phosphoric ester groups is 1. The van der Waals surface area contributed by atoms with Crippen LogP contribution in [0.25, 0.3) is 0 Å². The second-order valence-electron chi connectivity index (χ2n) is 12.7. The van der Waals surface area contributed by atoms with Crippen LogP contribution >= 0.6 is 7.82 Å². The van der Waals surface area contributed by atoms with Crippen molar-refractivity contribution in [2.45, 2.75) is 148 Å². The van der Waals surface area contributed by atoms with Crippen LogP contribution in [0.4, 0.5) is 0 Å². The first-order valence-electron chi connectivity index (χ1n) is 19.6. The van der Waals surface area contributed by atoms with Crippen molar-refractivity contribution in [1.29, 1.82) is 0 Å². The number of aliphatic hydroxyl groups excluding tert-OH is 1. The zero-order valence-corrected chi connectivity index (χ0v) is 33.4. The fourth-order valence-electron chi connectivity index (χ4n) is 4.66. The van der Waals surface area contributed by atoms with Crippen molar-refractivity contribution in [1.82, 2.24) is 0 Å². The Morgan fingerprint density at radius 3 is 1.62 bits per heavy atom. The summed E-state index contributed by atoms with van der Waals surface area (Å²) in [5, 5.41) is 9.45. The predicted molar refractivity (Wildman–Crippen MR) is 217 cm³/mol. The molecule has 9 nitrogen and oxygen atoms in total. The van der Waals surface area contributed by atoms with Crippen molar-refractivity contribution in [3.8, 4) is 0 Å².